The van der Waals surface area contributed by atoms with Crippen LogP contribution in [0.2, 0.25) is 0 Å². The lowest BCUT2D eigenvalue weighted by molar-refractivity contribution is 0.0746. The predicted octanol–water partition coefficient (Wildman–Crippen LogP) is 4.61. The third kappa shape index (κ3) is 4.98. The van der Waals surface area contributed by atoms with Crippen LogP contribution in [0.4, 0.5) is 11.6 Å². The summed E-state index contributed by atoms with van der Waals surface area (Å²) in [6.07, 6.45) is 3.71. The van der Waals surface area contributed by atoms with E-state index in [0.717, 1.165) is 37.0 Å². The fraction of sp³-hybridized carbons (Fsp3) is 0.370. The lowest BCUT2D eigenvalue weighted by Crippen LogP contribution is -2.49. The molecule has 1 aromatic heterocycles. The topological polar surface area (TPSA) is 61.8 Å². The maximum atomic E-state index is 13.0. The van der Waals surface area contributed by atoms with Crippen LogP contribution in [0.5, 0.6) is 11.5 Å². The second-order valence-electron chi connectivity index (χ2n) is 9.01. The first kappa shape index (κ1) is 22.2. The summed E-state index contributed by atoms with van der Waals surface area (Å²) in [5.41, 5.74) is 0.675. The quantitative estimate of drug-likeness (QED) is 0.558. The van der Waals surface area contributed by atoms with Gasteiger partial charge in [0.15, 0.2) is 11.6 Å². The molecule has 3 aromatic rings. The van der Waals surface area contributed by atoms with E-state index in [2.05, 4.69) is 39.1 Å². The van der Waals surface area contributed by atoms with Crippen LogP contribution >= 0.6 is 0 Å². The lowest BCUT2D eigenvalue weighted by Gasteiger charge is -2.36. The van der Waals surface area contributed by atoms with Crippen molar-refractivity contribution in [1.29, 1.82) is 0 Å². The largest absolute Gasteiger partial charge is 0.457 e. The van der Waals surface area contributed by atoms with Gasteiger partial charge in [0, 0.05) is 44.3 Å². The van der Waals surface area contributed by atoms with Crippen LogP contribution in [0.15, 0.2) is 66.7 Å². The molecule has 2 fully saturated rings. The van der Waals surface area contributed by atoms with Gasteiger partial charge < -0.3 is 19.4 Å². The van der Waals surface area contributed by atoms with Crippen LogP contribution < -0.4 is 14.5 Å². The first-order chi connectivity index (χ1) is 16.7. The Morgan fingerprint density at radius 3 is 2.15 bits per heavy atom. The molecule has 34 heavy (non-hydrogen) atoms. The van der Waals surface area contributed by atoms with Crippen molar-refractivity contribution in [2.75, 3.05) is 42.5 Å². The molecule has 3 heterocycles. The van der Waals surface area contributed by atoms with Gasteiger partial charge in [-0.1, -0.05) is 18.2 Å². The average Bonchev–Trinajstić information content (AvgIpc) is 2.90. The fourth-order valence-electron chi connectivity index (χ4n) is 4.69. The van der Waals surface area contributed by atoms with Crippen LogP contribution in [-0.4, -0.2) is 59.8 Å². The summed E-state index contributed by atoms with van der Waals surface area (Å²) in [7, 11) is 0. The van der Waals surface area contributed by atoms with Crippen molar-refractivity contribution < 1.29 is 9.53 Å². The highest BCUT2D eigenvalue weighted by Crippen LogP contribution is 2.25. The number of ether oxygens (including phenoxy) is 1. The summed E-state index contributed by atoms with van der Waals surface area (Å²) in [6.45, 7) is 6.12. The molecule has 1 unspecified atom stereocenters. The fourth-order valence-corrected chi connectivity index (χ4v) is 4.69. The van der Waals surface area contributed by atoms with Gasteiger partial charge in [0.1, 0.15) is 11.5 Å². The number of amides is 1. The Morgan fingerprint density at radius 1 is 0.794 bits per heavy atom. The van der Waals surface area contributed by atoms with Crippen molar-refractivity contribution in [2.24, 2.45) is 0 Å². The summed E-state index contributed by atoms with van der Waals surface area (Å²) >= 11 is 0. The number of para-hydroxylation sites is 1. The summed E-state index contributed by atoms with van der Waals surface area (Å²) in [5.74, 6) is 3.38. The smallest absolute Gasteiger partial charge is 0.253 e. The second kappa shape index (κ2) is 10.1. The van der Waals surface area contributed by atoms with Gasteiger partial charge >= 0.3 is 0 Å². The first-order valence-electron chi connectivity index (χ1n) is 12.1. The molecule has 2 saturated heterocycles. The number of aromatic nitrogens is 2. The standard InChI is InChI=1S/C27H31N5O2/c1-21-7-5-6-16-32(21)26-15-14-25(28-29-26)30-17-19-31(20-18-30)27(33)22-10-12-24(13-11-22)34-23-8-3-2-4-9-23/h2-4,8-15,21H,5-7,16-20H2,1H3. The molecule has 1 amide bonds. The first-order valence-corrected chi connectivity index (χ1v) is 12.1. The number of hydrogen-bond donors (Lipinski definition) is 0. The molecule has 0 N–H and O–H groups in total. The van der Waals surface area contributed by atoms with Crippen LogP contribution in [0.3, 0.4) is 0 Å². The van der Waals surface area contributed by atoms with E-state index in [4.69, 9.17) is 4.74 Å². The molecule has 7 heteroatoms. The molecule has 0 saturated carbocycles. The Hall–Kier alpha value is -3.61. The molecule has 2 aliphatic rings. The zero-order valence-corrected chi connectivity index (χ0v) is 19.6. The molecule has 0 bridgehead atoms. The summed E-state index contributed by atoms with van der Waals surface area (Å²) in [6, 6.07) is 21.6. The Bertz CT molecular complexity index is 1080. The van der Waals surface area contributed by atoms with E-state index in [0.29, 0.717) is 30.4 Å². The number of hydrogen-bond acceptors (Lipinski definition) is 6. The minimum atomic E-state index is 0.0476. The zero-order valence-electron chi connectivity index (χ0n) is 19.6. The van der Waals surface area contributed by atoms with E-state index in [-0.39, 0.29) is 5.91 Å². The Morgan fingerprint density at radius 2 is 1.47 bits per heavy atom. The number of anilines is 2. The number of benzene rings is 2. The third-order valence-electron chi connectivity index (χ3n) is 6.70. The van der Waals surface area contributed by atoms with Crippen molar-refractivity contribution in [1.82, 2.24) is 15.1 Å². The van der Waals surface area contributed by atoms with Gasteiger partial charge in [-0.3, -0.25) is 4.79 Å². The highest BCUT2D eigenvalue weighted by atomic mass is 16.5. The summed E-state index contributed by atoms with van der Waals surface area (Å²) < 4.78 is 5.83. The van der Waals surface area contributed by atoms with Crippen molar-refractivity contribution >= 4 is 17.5 Å². The van der Waals surface area contributed by atoms with Gasteiger partial charge in [0.05, 0.1) is 0 Å². The molecule has 5 rings (SSSR count). The summed E-state index contributed by atoms with van der Waals surface area (Å²) in [4.78, 5) is 19.5. The molecule has 2 aliphatic heterocycles. The number of carbonyl (C=O) groups is 1. The van der Waals surface area contributed by atoms with Gasteiger partial charge in [-0.05, 0) is 74.7 Å². The van der Waals surface area contributed by atoms with Crippen LogP contribution in [0, 0.1) is 0 Å². The van der Waals surface area contributed by atoms with E-state index < -0.39 is 0 Å². The van der Waals surface area contributed by atoms with E-state index in [9.17, 15) is 4.79 Å². The van der Waals surface area contributed by atoms with E-state index >= 15 is 0 Å². The molecule has 0 spiro atoms. The maximum Gasteiger partial charge on any atom is 0.253 e. The third-order valence-corrected chi connectivity index (χ3v) is 6.70. The minimum Gasteiger partial charge on any atom is -0.457 e. The van der Waals surface area contributed by atoms with Crippen LogP contribution in [0.25, 0.3) is 0 Å². The molecule has 0 radical (unpaired) electrons. The number of nitrogens with zero attached hydrogens (tertiary/aromatic N) is 5. The SMILES string of the molecule is CC1CCCCN1c1ccc(N2CCN(C(=O)c3ccc(Oc4ccccc4)cc3)CC2)nn1. The number of piperidine rings is 1. The van der Waals surface area contributed by atoms with Crippen LogP contribution in [0.1, 0.15) is 36.5 Å². The van der Waals surface area contributed by atoms with E-state index in [1.54, 1.807) is 0 Å². The second-order valence-corrected chi connectivity index (χ2v) is 9.01. The van der Waals surface area contributed by atoms with E-state index in [1.165, 1.54) is 19.3 Å². The lowest BCUT2D eigenvalue weighted by atomic mass is 10.0. The van der Waals surface area contributed by atoms with Gasteiger partial charge in [-0.25, -0.2) is 0 Å². The average molecular weight is 458 g/mol. The number of rotatable bonds is 5. The monoisotopic (exact) mass is 457 g/mol. The van der Waals surface area contributed by atoms with Gasteiger partial charge in [0.25, 0.3) is 5.91 Å². The molecule has 0 aliphatic carbocycles. The van der Waals surface area contributed by atoms with E-state index in [1.807, 2.05) is 59.5 Å². The van der Waals surface area contributed by atoms with Crippen molar-refractivity contribution in [3.05, 3.63) is 72.3 Å². The normalized spacial score (nSPS) is 18.6. The molecule has 1 atom stereocenters. The Labute approximate surface area is 201 Å². The minimum absolute atomic E-state index is 0.0476. The number of carbonyl (C=O) groups excluding carboxylic acids is 1. The maximum absolute atomic E-state index is 13.0. The molecule has 7 nitrogen and oxygen atoms in total. The van der Waals surface area contributed by atoms with Crippen molar-refractivity contribution in [2.45, 2.75) is 32.2 Å². The Balaban J connectivity index is 1.15. The zero-order chi connectivity index (χ0) is 23.3. The molecule has 176 valence electrons. The molecule has 2 aromatic carbocycles. The highest BCUT2D eigenvalue weighted by Gasteiger charge is 2.24. The summed E-state index contributed by atoms with van der Waals surface area (Å²) in [5, 5.41) is 9.01. The van der Waals surface area contributed by atoms with Gasteiger partial charge in [-0.2, -0.15) is 0 Å². The van der Waals surface area contributed by atoms with Crippen LogP contribution in [-0.2, 0) is 0 Å². The molecular weight excluding hydrogens is 426 g/mol. The van der Waals surface area contributed by atoms with Crippen molar-refractivity contribution in [3.63, 3.8) is 0 Å². The highest BCUT2D eigenvalue weighted by molar-refractivity contribution is 5.94. The molecular formula is C27H31N5O2. The van der Waals surface area contributed by atoms with Gasteiger partial charge in [0.2, 0.25) is 0 Å². The van der Waals surface area contributed by atoms with Gasteiger partial charge in [-0.15, -0.1) is 10.2 Å². The van der Waals surface area contributed by atoms with Crippen molar-refractivity contribution in [3.8, 4) is 11.5 Å². The number of piperazine rings is 1. The predicted molar refractivity (Wildman–Crippen MR) is 134 cm³/mol. The Kier molecular flexibility index (Phi) is 6.60.